The molecule has 0 saturated carbocycles. The third-order valence-corrected chi connectivity index (χ3v) is 5.44. The van der Waals surface area contributed by atoms with E-state index in [-0.39, 0.29) is 17.4 Å². The molecule has 1 atom stereocenters. The molecule has 3 amide bonds. The van der Waals surface area contributed by atoms with Crippen LogP contribution in [0.3, 0.4) is 0 Å². The maximum Gasteiger partial charge on any atom is 0.321 e. The number of rotatable bonds is 9. The Morgan fingerprint density at radius 3 is 2.69 bits per heavy atom. The lowest BCUT2D eigenvalue weighted by Crippen LogP contribution is -3.05. The molecule has 158 valence electrons. The molecule has 9 heteroatoms. The molecule has 0 aliphatic rings. The molecule has 8 nitrogen and oxygen atoms in total. The van der Waals surface area contributed by atoms with E-state index in [4.69, 9.17) is 0 Å². The number of amides is 3. The molecule has 0 saturated heterocycles. The van der Waals surface area contributed by atoms with Crippen molar-refractivity contribution >= 4 is 34.6 Å². The zero-order chi connectivity index (χ0) is 21.4. The van der Waals surface area contributed by atoms with Crippen molar-refractivity contribution in [3.63, 3.8) is 0 Å². The molecule has 1 aromatic heterocycles. The van der Waals surface area contributed by atoms with E-state index in [1.807, 2.05) is 26.0 Å². The summed E-state index contributed by atoms with van der Waals surface area (Å²) in [6, 6.07) is 6.67. The Bertz CT molecular complexity index is 913. The van der Waals surface area contributed by atoms with Crippen molar-refractivity contribution < 1.29 is 14.5 Å². The van der Waals surface area contributed by atoms with E-state index in [0.29, 0.717) is 22.6 Å². The number of carbonyl (C=O) groups is 2. The topological polar surface area (TPSA) is 97.5 Å². The summed E-state index contributed by atoms with van der Waals surface area (Å²) >= 11 is 1.16. The van der Waals surface area contributed by atoms with Gasteiger partial charge in [0.25, 0.3) is 5.56 Å². The Labute approximate surface area is 175 Å². The Morgan fingerprint density at radius 2 is 2.00 bits per heavy atom. The van der Waals surface area contributed by atoms with Crippen molar-refractivity contribution in [3.05, 3.63) is 34.6 Å². The summed E-state index contributed by atoms with van der Waals surface area (Å²) in [5.41, 5.74) is 0.492. The number of carbonyl (C=O) groups excluding carboxylic acids is 2. The van der Waals surface area contributed by atoms with Gasteiger partial charge in [-0.25, -0.2) is 9.78 Å². The summed E-state index contributed by atoms with van der Waals surface area (Å²) in [6.07, 6.45) is 1.59. The minimum absolute atomic E-state index is 0.00234. The van der Waals surface area contributed by atoms with Gasteiger partial charge in [-0.15, -0.1) is 0 Å². The maximum absolute atomic E-state index is 12.9. The number of imide groups is 1. The van der Waals surface area contributed by atoms with Crippen molar-refractivity contribution in [3.8, 4) is 0 Å². The standard InChI is InChI=1S/C20H29N5O3S/c1-5-14(2)21-19(28)23-17(26)13-29-20-22-16-10-7-6-9-15(16)18(27)25(20)12-8-11-24(3)4/h6-7,9-10,14H,5,8,11-13H2,1-4H3,(H2,21,23,26,28)/p+1/t14-/m0/s1. The summed E-state index contributed by atoms with van der Waals surface area (Å²) in [7, 11) is 4.12. The molecule has 0 radical (unpaired) electrons. The Kier molecular flexibility index (Phi) is 8.66. The molecule has 29 heavy (non-hydrogen) atoms. The molecular formula is C20H30N5O3S+. The smallest absolute Gasteiger partial charge is 0.321 e. The largest absolute Gasteiger partial charge is 0.340 e. The number of nitrogens with one attached hydrogen (secondary N) is 3. The highest BCUT2D eigenvalue weighted by Crippen LogP contribution is 2.17. The molecule has 3 N–H and O–H groups in total. The van der Waals surface area contributed by atoms with Gasteiger partial charge >= 0.3 is 6.03 Å². The second-order valence-electron chi connectivity index (χ2n) is 7.30. The van der Waals surface area contributed by atoms with Crippen LogP contribution in [0.25, 0.3) is 10.9 Å². The molecule has 0 aliphatic carbocycles. The second-order valence-corrected chi connectivity index (χ2v) is 8.24. The summed E-state index contributed by atoms with van der Waals surface area (Å²) in [4.78, 5) is 42.8. The maximum atomic E-state index is 12.9. The first-order valence-electron chi connectivity index (χ1n) is 9.83. The van der Waals surface area contributed by atoms with Gasteiger partial charge in [0.1, 0.15) is 0 Å². The zero-order valence-electron chi connectivity index (χ0n) is 17.4. The lowest BCUT2D eigenvalue weighted by atomic mass is 10.2. The average molecular weight is 421 g/mol. The van der Waals surface area contributed by atoms with Crippen LogP contribution in [-0.4, -0.2) is 53.9 Å². The molecule has 0 spiro atoms. The summed E-state index contributed by atoms with van der Waals surface area (Å²) in [6.45, 7) is 5.26. The van der Waals surface area contributed by atoms with Crippen LogP contribution in [0.2, 0.25) is 0 Å². The van der Waals surface area contributed by atoms with Gasteiger partial charge < -0.3 is 10.2 Å². The zero-order valence-corrected chi connectivity index (χ0v) is 18.3. The van der Waals surface area contributed by atoms with Gasteiger partial charge in [0, 0.05) is 19.0 Å². The molecule has 1 aromatic carbocycles. The predicted molar refractivity (Wildman–Crippen MR) is 115 cm³/mol. The van der Waals surface area contributed by atoms with Crippen LogP contribution in [0.4, 0.5) is 4.79 Å². The van der Waals surface area contributed by atoms with Gasteiger partial charge in [0.05, 0.1) is 37.3 Å². The predicted octanol–water partition coefficient (Wildman–Crippen LogP) is 0.648. The first-order chi connectivity index (χ1) is 13.8. The number of urea groups is 1. The van der Waals surface area contributed by atoms with Gasteiger partial charge in [0.2, 0.25) is 5.91 Å². The Balaban J connectivity index is 2.14. The van der Waals surface area contributed by atoms with Gasteiger partial charge in [-0.3, -0.25) is 19.5 Å². The van der Waals surface area contributed by atoms with Crippen molar-refractivity contribution in [2.75, 3.05) is 26.4 Å². The number of hydrogen-bond acceptors (Lipinski definition) is 5. The van der Waals surface area contributed by atoms with E-state index >= 15 is 0 Å². The quantitative estimate of drug-likeness (QED) is 0.409. The third-order valence-electron chi connectivity index (χ3n) is 4.46. The number of benzene rings is 1. The minimum atomic E-state index is -0.511. The van der Waals surface area contributed by atoms with Crippen LogP contribution >= 0.6 is 11.8 Å². The van der Waals surface area contributed by atoms with E-state index in [0.717, 1.165) is 31.1 Å². The van der Waals surface area contributed by atoms with E-state index in [2.05, 4.69) is 29.7 Å². The SMILES string of the molecule is CC[C@H](C)NC(=O)NC(=O)CSc1nc2ccccc2c(=O)n1CCC[NH+](C)C. The number of aromatic nitrogens is 2. The number of nitrogens with zero attached hydrogens (tertiary/aromatic N) is 2. The fourth-order valence-corrected chi connectivity index (χ4v) is 3.53. The lowest BCUT2D eigenvalue weighted by Gasteiger charge is -2.14. The van der Waals surface area contributed by atoms with Crippen molar-refractivity contribution in [1.82, 2.24) is 20.2 Å². The molecule has 2 aromatic rings. The van der Waals surface area contributed by atoms with Crippen LogP contribution in [0.15, 0.2) is 34.2 Å². The summed E-state index contributed by atoms with van der Waals surface area (Å²) in [5, 5.41) is 6.05. The number of fused-ring (bicyclic) bond motifs is 1. The monoisotopic (exact) mass is 420 g/mol. The summed E-state index contributed by atoms with van der Waals surface area (Å²) in [5.74, 6) is -0.431. The molecule has 0 aliphatic heterocycles. The van der Waals surface area contributed by atoms with Crippen LogP contribution in [0.5, 0.6) is 0 Å². The fraction of sp³-hybridized carbons (Fsp3) is 0.500. The van der Waals surface area contributed by atoms with E-state index in [1.165, 1.54) is 4.90 Å². The number of hydrogen-bond donors (Lipinski definition) is 3. The molecule has 0 unspecified atom stereocenters. The fourth-order valence-electron chi connectivity index (χ4n) is 2.70. The normalized spacial score (nSPS) is 12.2. The first-order valence-corrected chi connectivity index (χ1v) is 10.8. The van der Waals surface area contributed by atoms with Gasteiger partial charge in [-0.05, 0) is 25.5 Å². The molecule has 0 bridgehead atoms. The van der Waals surface area contributed by atoms with Gasteiger partial charge in [-0.1, -0.05) is 30.8 Å². The van der Waals surface area contributed by atoms with Crippen molar-refractivity contribution in [1.29, 1.82) is 0 Å². The van der Waals surface area contributed by atoms with Crippen LogP contribution in [-0.2, 0) is 11.3 Å². The van der Waals surface area contributed by atoms with Crippen molar-refractivity contribution in [2.24, 2.45) is 0 Å². The van der Waals surface area contributed by atoms with Crippen LogP contribution in [0, 0.1) is 0 Å². The highest BCUT2D eigenvalue weighted by atomic mass is 32.2. The van der Waals surface area contributed by atoms with E-state index in [9.17, 15) is 14.4 Å². The van der Waals surface area contributed by atoms with Crippen LogP contribution < -0.4 is 21.1 Å². The third kappa shape index (κ3) is 6.86. The lowest BCUT2D eigenvalue weighted by molar-refractivity contribution is -0.858. The minimum Gasteiger partial charge on any atom is -0.340 e. The highest BCUT2D eigenvalue weighted by Gasteiger charge is 2.15. The van der Waals surface area contributed by atoms with E-state index in [1.54, 1.807) is 16.7 Å². The second kappa shape index (κ2) is 11.0. The number of quaternary nitrogens is 1. The number of para-hydroxylation sites is 1. The average Bonchev–Trinajstić information content (AvgIpc) is 2.67. The van der Waals surface area contributed by atoms with E-state index < -0.39 is 11.9 Å². The molecular weight excluding hydrogens is 390 g/mol. The summed E-state index contributed by atoms with van der Waals surface area (Å²) < 4.78 is 1.63. The highest BCUT2D eigenvalue weighted by molar-refractivity contribution is 7.99. The van der Waals surface area contributed by atoms with Gasteiger partial charge in [0.15, 0.2) is 5.16 Å². The molecule has 0 fully saturated rings. The first kappa shape index (κ1) is 22.9. The Morgan fingerprint density at radius 1 is 1.28 bits per heavy atom. The van der Waals surface area contributed by atoms with Gasteiger partial charge in [-0.2, -0.15) is 0 Å². The number of thioether (sulfide) groups is 1. The molecule has 2 rings (SSSR count). The molecule has 1 heterocycles. The van der Waals surface area contributed by atoms with Crippen LogP contribution in [0.1, 0.15) is 26.7 Å². The Hall–Kier alpha value is -2.39. The van der Waals surface area contributed by atoms with Crippen molar-refractivity contribution in [2.45, 2.75) is 44.4 Å².